The number of nitrogens with one attached hydrogen (secondary N) is 1. The van der Waals surface area contributed by atoms with E-state index < -0.39 is 23.4 Å². The van der Waals surface area contributed by atoms with Gasteiger partial charge in [-0.1, -0.05) is 42.5 Å². The van der Waals surface area contributed by atoms with Crippen LogP contribution in [0.2, 0.25) is 0 Å². The van der Waals surface area contributed by atoms with Crippen molar-refractivity contribution in [3.05, 3.63) is 98.5 Å². The predicted molar refractivity (Wildman–Crippen MR) is 109 cm³/mol. The van der Waals surface area contributed by atoms with Gasteiger partial charge in [0.1, 0.15) is 0 Å². The summed E-state index contributed by atoms with van der Waals surface area (Å²) in [6, 6.07) is 15.7. The van der Waals surface area contributed by atoms with E-state index in [1.54, 1.807) is 42.5 Å². The summed E-state index contributed by atoms with van der Waals surface area (Å²) in [5.74, 6) is -2.87. The summed E-state index contributed by atoms with van der Waals surface area (Å²) in [6.07, 6.45) is 0. The molecule has 0 atom stereocenters. The first-order chi connectivity index (χ1) is 13.9. The van der Waals surface area contributed by atoms with Gasteiger partial charge < -0.3 is 10.4 Å². The number of hydrogen-bond donors (Lipinski definition) is 2. The average molecular weight is 450 g/mol. The van der Waals surface area contributed by atoms with Crippen LogP contribution in [0.1, 0.15) is 52.6 Å². The van der Waals surface area contributed by atoms with E-state index in [4.69, 9.17) is 0 Å². The zero-order chi connectivity index (χ0) is 20.7. The van der Waals surface area contributed by atoms with Crippen LogP contribution in [-0.2, 0) is 0 Å². The summed E-state index contributed by atoms with van der Waals surface area (Å²) in [5, 5.41) is 12.2. The summed E-state index contributed by atoms with van der Waals surface area (Å²) in [5.41, 5.74) is 0.0870. The van der Waals surface area contributed by atoms with Crippen LogP contribution in [0.3, 0.4) is 0 Å². The van der Waals surface area contributed by atoms with Crippen LogP contribution in [0.5, 0.6) is 0 Å². The van der Waals surface area contributed by atoms with Gasteiger partial charge in [-0.2, -0.15) is 0 Å². The molecule has 6 nitrogen and oxygen atoms in total. The van der Waals surface area contributed by atoms with Crippen LogP contribution in [0.15, 0.2) is 65.1 Å². The monoisotopic (exact) mass is 449 g/mol. The highest BCUT2D eigenvalue weighted by Crippen LogP contribution is 2.39. The number of anilines is 1. The minimum absolute atomic E-state index is 0.0297. The maximum atomic E-state index is 13.2. The number of ketones is 2. The smallest absolute Gasteiger partial charge is 0.337 e. The maximum Gasteiger partial charge on any atom is 0.337 e. The molecule has 1 aliphatic carbocycles. The second-order valence-electron chi connectivity index (χ2n) is 6.36. The molecular weight excluding hydrogens is 438 g/mol. The molecule has 0 bridgehead atoms. The Morgan fingerprint density at radius 1 is 0.828 bits per heavy atom. The molecule has 1 aliphatic rings. The average Bonchev–Trinajstić information content (AvgIpc) is 2.73. The van der Waals surface area contributed by atoms with E-state index in [-0.39, 0.29) is 43.5 Å². The number of fused-ring (bicyclic) bond motifs is 2. The predicted octanol–water partition coefficient (Wildman–Crippen LogP) is 4.18. The van der Waals surface area contributed by atoms with Crippen molar-refractivity contribution in [3.8, 4) is 0 Å². The van der Waals surface area contributed by atoms with Gasteiger partial charge in [-0.15, -0.1) is 0 Å². The molecule has 2 N–H and O–H groups in total. The summed E-state index contributed by atoms with van der Waals surface area (Å²) in [7, 11) is 0. The number of rotatable bonds is 3. The van der Waals surface area contributed by atoms with E-state index in [0.29, 0.717) is 0 Å². The summed E-state index contributed by atoms with van der Waals surface area (Å²) >= 11 is 3.22. The first-order valence-electron chi connectivity index (χ1n) is 8.54. The molecule has 0 fully saturated rings. The molecule has 3 aromatic carbocycles. The lowest BCUT2D eigenvalue weighted by Crippen LogP contribution is -2.26. The van der Waals surface area contributed by atoms with E-state index in [2.05, 4.69) is 21.2 Å². The molecule has 0 unspecified atom stereocenters. The van der Waals surface area contributed by atoms with Crippen molar-refractivity contribution in [2.75, 3.05) is 5.32 Å². The Kier molecular flexibility index (Phi) is 4.60. The molecule has 0 aliphatic heterocycles. The molecule has 4 rings (SSSR count). The molecule has 0 saturated heterocycles. The zero-order valence-electron chi connectivity index (χ0n) is 14.7. The molecule has 0 aromatic heterocycles. The first kappa shape index (κ1) is 18.8. The summed E-state index contributed by atoms with van der Waals surface area (Å²) < 4.78 is 0.176. The highest BCUT2D eigenvalue weighted by molar-refractivity contribution is 9.10. The van der Waals surface area contributed by atoms with Gasteiger partial charge in [-0.3, -0.25) is 14.4 Å². The fraction of sp³-hybridized carbons (Fsp3) is 0. The van der Waals surface area contributed by atoms with Gasteiger partial charge in [-0.25, -0.2) is 4.79 Å². The Morgan fingerprint density at radius 3 is 1.97 bits per heavy atom. The van der Waals surface area contributed by atoms with Crippen molar-refractivity contribution < 1.29 is 24.3 Å². The molecule has 0 heterocycles. The number of benzene rings is 3. The van der Waals surface area contributed by atoms with Crippen molar-refractivity contribution >= 4 is 45.1 Å². The molecule has 0 saturated carbocycles. The largest absolute Gasteiger partial charge is 0.478 e. The summed E-state index contributed by atoms with van der Waals surface area (Å²) in [4.78, 5) is 50.7. The van der Waals surface area contributed by atoms with Crippen molar-refractivity contribution in [1.29, 1.82) is 0 Å². The van der Waals surface area contributed by atoms with E-state index in [1.165, 1.54) is 18.2 Å². The Balaban J connectivity index is 1.96. The normalized spacial score (nSPS) is 12.2. The Labute approximate surface area is 173 Å². The van der Waals surface area contributed by atoms with Crippen molar-refractivity contribution in [3.63, 3.8) is 0 Å². The van der Waals surface area contributed by atoms with E-state index in [9.17, 15) is 24.3 Å². The topological polar surface area (TPSA) is 101 Å². The summed E-state index contributed by atoms with van der Waals surface area (Å²) in [6.45, 7) is 0. The second kappa shape index (κ2) is 7.10. The molecule has 142 valence electrons. The van der Waals surface area contributed by atoms with Crippen LogP contribution >= 0.6 is 15.9 Å². The van der Waals surface area contributed by atoms with Gasteiger partial charge in [0.05, 0.1) is 22.4 Å². The lowest BCUT2D eigenvalue weighted by molar-refractivity contribution is 0.0697. The first-order valence-corrected chi connectivity index (χ1v) is 9.34. The van der Waals surface area contributed by atoms with Gasteiger partial charge >= 0.3 is 5.97 Å². The lowest BCUT2D eigenvalue weighted by atomic mass is 9.82. The van der Waals surface area contributed by atoms with E-state index in [1.807, 2.05) is 0 Å². The molecular formula is C22H12BrNO5. The number of amides is 1. The van der Waals surface area contributed by atoms with Gasteiger partial charge in [-0.05, 0) is 34.1 Å². The fourth-order valence-electron chi connectivity index (χ4n) is 3.32. The highest BCUT2D eigenvalue weighted by atomic mass is 79.9. The number of carboxylic acid groups (broad SMARTS) is 1. The molecule has 0 spiro atoms. The SMILES string of the molecule is O=C(Nc1c(C(=O)O)cc(Br)c2c1C(=O)c1ccccc1C2=O)c1ccccc1. The number of hydrogen-bond acceptors (Lipinski definition) is 4. The zero-order valence-corrected chi connectivity index (χ0v) is 16.3. The van der Waals surface area contributed by atoms with Gasteiger partial charge in [0.2, 0.25) is 0 Å². The molecule has 0 radical (unpaired) electrons. The van der Waals surface area contributed by atoms with Crippen LogP contribution in [-0.4, -0.2) is 28.5 Å². The Bertz CT molecular complexity index is 1220. The third kappa shape index (κ3) is 3.05. The quantitative estimate of drug-likeness (QED) is 0.488. The van der Waals surface area contributed by atoms with Crippen LogP contribution in [0.25, 0.3) is 0 Å². The van der Waals surface area contributed by atoms with E-state index >= 15 is 0 Å². The Hall–Kier alpha value is -3.58. The number of halogens is 1. The minimum atomic E-state index is -1.34. The fourth-order valence-corrected chi connectivity index (χ4v) is 3.93. The molecule has 29 heavy (non-hydrogen) atoms. The van der Waals surface area contributed by atoms with Crippen LogP contribution in [0.4, 0.5) is 5.69 Å². The number of carbonyl (C=O) groups excluding carboxylic acids is 3. The van der Waals surface area contributed by atoms with E-state index in [0.717, 1.165) is 0 Å². The van der Waals surface area contributed by atoms with Gasteiger partial charge in [0, 0.05) is 21.2 Å². The molecule has 1 amide bonds. The number of aromatic carboxylic acids is 1. The standard InChI is InChI=1S/C22H12BrNO5/c23-15-10-14(22(28)29)18(24-21(27)11-6-2-1-3-7-11)17-16(15)19(25)12-8-4-5-9-13(12)20(17)26/h1-10H,(H,24,27)(H,28,29). The number of carbonyl (C=O) groups is 4. The van der Waals surface area contributed by atoms with Crippen molar-refractivity contribution in [2.45, 2.75) is 0 Å². The van der Waals surface area contributed by atoms with Gasteiger partial charge in [0.15, 0.2) is 11.6 Å². The van der Waals surface area contributed by atoms with Crippen LogP contribution in [0, 0.1) is 0 Å². The van der Waals surface area contributed by atoms with Gasteiger partial charge in [0.25, 0.3) is 5.91 Å². The number of carboxylic acids is 1. The molecule has 7 heteroatoms. The van der Waals surface area contributed by atoms with Crippen LogP contribution < -0.4 is 5.32 Å². The minimum Gasteiger partial charge on any atom is -0.478 e. The van der Waals surface area contributed by atoms with Crippen molar-refractivity contribution in [1.82, 2.24) is 0 Å². The third-order valence-electron chi connectivity index (χ3n) is 4.65. The van der Waals surface area contributed by atoms with Crippen molar-refractivity contribution in [2.24, 2.45) is 0 Å². The lowest BCUT2D eigenvalue weighted by Gasteiger charge is -2.23. The molecule has 3 aromatic rings. The maximum absolute atomic E-state index is 13.2. The highest BCUT2D eigenvalue weighted by Gasteiger charge is 2.36. The second-order valence-corrected chi connectivity index (χ2v) is 7.21. The third-order valence-corrected chi connectivity index (χ3v) is 5.28. The Morgan fingerprint density at radius 2 is 1.38 bits per heavy atom.